The summed E-state index contributed by atoms with van der Waals surface area (Å²) < 4.78 is 1.89. The van der Waals surface area contributed by atoms with Crippen LogP contribution in [0.15, 0.2) is 103 Å². The van der Waals surface area contributed by atoms with Gasteiger partial charge in [-0.15, -0.1) is 68.6 Å². The molecule has 0 unspecified atom stereocenters. The molecule has 0 bridgehead atoms. The fraction of sp³-hybridized carbons (Fsp3) is 0.311. The van der Waals surface area contributed by atoms with E-state index in [2.05, 4.69) is 172 Å². The number of hydrogen-bond donors (Lipinski definition) is 0. The largest absolute Gasteiger partial charge is 0.165 e. The maximum Gasteiger partial charge on any atom is -0.0132 e. The molecule has 6 rings (SSSR count). The third-order valence-corrected chi connectivity index (χ3v) is 12.7. The van der Waals surface area contributed by atoms with Gasteiger partial charge in [-0.3, -0.25) is 0 Å². The Morgan fingerprint density at radius 1 is 0.646 bits per heavy atom. The summed E-state index contributed by atoms with van der Waals surface area (Å²) in [6.07, 6.45) is 0. The second-order valence-corrected chi connectivity index (χ2v) is 24.1. The normalized spacial score (nSPS) is 11.6. The van der Waals surface area contributed by atoms with Gasteiger partial charge >= 0.3 is 46.5 Å². The molecule has 252 valence electrons. The minimum absolute atomic E-state index is 0.204. The summed E-state index contributed by atoms with van der Waals surface area (Å²) >= 11 is -1.76. The summed E-state index contributed by atoms with van der Waals surface area (Å²) in [5, 5.41) is 5.47. The first kappa shape index (κ1) is 38.2. The van der Waals surface area contributed by atoms with Gasteiger partial charge in [0.05, 0.1) is 0 Å². The van der Waals surface area contributed by atoms with E-state index in [1.54, 1.807) is 0 Å². The molecule has 0 aliphatic carbocycles. The molecule has 0 aliphatic heterocycles. The Labute approximate surface area is 305 Å². The molecule has 6 aromatic carbocycles. The summed E-state index contributed by atoms with van der Waals surface area (Å²) in [6, 6.07) is 38.5. The molecule has 0 saturated carbocycles. The van der Waals surface area contributed by atoms with Crippen LogP contribution in [0.4, 0.5) is 0 Å². The van der Waals surface area contributed by atoms with Crippen LogP contribution in [0.5, 0.6) is 0 Å². The Morgan fingerprint density at radius 2 is 1.15 bits per heavy atom. The molecular formula is C45H52Cl2Zr-2. The SMILES string of the molecule is CC(C)c1cc2c(-c3ccc(C(C)(C)C)cc3)cccc2[cH-]1.C[CH]=[Zr]([Cl])[Cl].Cc1cc2c(-c3ccc(C(C)(C)C)cc3)ccc(C)c2[cH-]1. The molecule has 0 aliphatic rings. The van der Waals surface area contributed by atoms with E-state index in [9.17, 15) is 0 Å². The summed E-state index contributed by atoms with van der Waals surface area (Å²) in [5.74, 6) is 0.573. The number of rotatable bonds is 3. The number of fused-ring (bicyclic) bond motifs is 2. The predicted molar refractivity (Wildman–Crippen MR) is 214 cm³/mol. The number of benzene rings is 4. The van der Waals surface area contributed by atoms with Crippen molar-refractivity contribution in [3.63, 3.8) is 0 Å². The van der Waals surface area contributed by atoms with Gasteiger partial charge in [-0.25, -0.2) is 0 Å². The smallest absolute Gasteiger partial charge is 0.0132 e. The molecule has 3 heteroatoms. The van der Waals surface area contributed by atoms with Crippen molar-refractivity contribution < 1.29 is 18.9 Å². The maximum atomic E-state index is 5.37. The third kappa shape index (κ3) is 9.56. The average molecular weight is 755 g/mol. The topological polar surface area (TPSA) is 0 Å². The zero-order valence-corrected chi connectivity index (χ0v) is 34.7. The fourth-order valence-corrected chi connectivity index (χ4v) is 5.98. The molecule has 0 atom stereocenters. The maximum absolute atomic E-state index is 5.37. The fourth-order valence-electron chi connectivity index (χ4n) is 5.98. The van der Waals surface area contributed by atoms with E-state index in [1.807, 2.05) is 10.6 Å². The second-order valence-electron chi connectivity index (χ2n) is 15.3. The Bertz CT molecular complexity index is 1980. The van der Waals surface area contributed by atoms with E-state index < -0.39 is 18.9 Å². The van der Waals surface area contributed by atoms with Gasteiger partial charge in [0.25, 0.3) is 0 Å². The summed E-state index contributed by atoms with van der Waals surface area (Å²) in [5.41, 5.74) is 12.6. The van der Waals surface area contributed by atoms with Crippen LogP contribution in [0, 0.1) is 13.8 Å². The van der Waals surface area contributed by atoms with Crippen molar-refractivity contribution in [3.8, 4) is 22.3 Å². The van der Waals surface area contributed by atoms with Gasteiger partial charge in [0, 0.05) is 0 Å². The van der Waals surface area contributed by atoms with Crippen LogP contribution in [0.2, 0.25) is 0 Å². The zero-order chi connectivity index (χ0) is 35.4. The van der Waals surface area contributed by atoms with Gasteiger partial charge in [0.1, 0.15) is 0 Å². The van der Waals surface area contributed by atoms with Crippen molar-refractivity contribution in [2.24, 2.45) is 0 Å². The van der Waals surface area contributed by atoms with Crippen LogP contribution in [0.25, 0.3) is 43.8 Å². The first-order chi connectivity index (χ1) is 22.5. The van der Waals surface area contributed by atoms with Gasteiger partial charge in [-0.1, -0.05) is 141 Å². The molecule has 6 aromatic rings. The molecule has 0 spiro atoms. The van der Waals surface area contributed by atoms with Gasteiger partial charge in [0.15, 0.2) is 0 Å². The Balaban J connectivity index is 0.000000191. The quantitative estimate of drug-likeness (QED) is 0.158. The third-order valence-electron chi connectivity index (χ3n) is 9.03. The van der Waals surface area contributed by atoms with Crippen LogP contribution in [0.3, 0.4) is 0 Å². The van der Waals surface area contributed by atoms with Crippen LogP contribution in [-0.2, 0) is 29.7 Å². The van der Waals surface area contributed by atoms with E-state index in [1.165, 1.54) is 71.6 Å². The van der Waals surface area contributed by atoms with Crippen molar-refractivity contribution in [2.45, 2.75) is 92.9 Å². The second kappa shape index (κ2) is 16.0. The Hall–Kier alpha value is -2.57. The Morgan fingerprint density at radius 3 is 1.60 bits per heavy atom. The van der Waals surface area contributed by atoms with Crippen LogP contribution in [-0.4, -0.2) is 3.71 Å². The van der Waals surface area contributed by atoms with Crippen molar-refractivity contribution in [2.75, 3.05) is 0 Å². The van der Waals surface area contributed by atoms with Crippen LogP contribution < -0.4 is 0 Å². The van der Waals surface area contributed by atoms with Crippen molar-refractivity contribution in [3.05, 3.63) is 131 Å². The molecule has 0 nitrogen and oxygen atoms in total. The van der Waals surface area contributed by atoms with Crippen LogP contribution in [0.1, 0.15) is 96.0 Å². The molecule has 0 aromatic heterocycles. The van der Waals surface area contributed by atoms with Gasteiger partial charge in [-0.2, -0.15) is 12.1 Å². The van der Waals surface area contributed by atoms with Crippen LogP contribution >= 0.6 is 17.0 Å². The average Bonchev–Trinajstić information content (AvgIpc) is 3.66. The first-order valence-electron chi connectivity index (χ1n) is 17.0. The molecule has 0 radical (unpaired) electrons. The van der Waals surface area contributed by atoms with E-state index >= 15 is 0 Å². The van der Waals surface area contributed by atoms with Gasteiger partial charge < -0.3 is 0 Å². The minimum Gasteiger partial charge on any atom is -0.165 e. The summed E-state index contributed by atoms with van der Waals surface area (Å²) in [6.45, 7) is 24.3. The molecule has 0 amide bonds. The van der Waals surface area contributed by atoms with E-state index in [4.69, 9.17) is 17.0 Å². The summed E-state index contributed by atoms with van der Waals surface area (Å²) in [4.78, 5) is 0. The molecule has 0 N–H and O–H groups in total. The van der Waals surface area contributed by atoms with E-state index in [0.29, 0.717) is 5.92 Å². The van der Waals surface area contributed by atoms with Crippen molar-refractivity contribution >= 4 is 42.3 Å². The predicted octanol–water partition coefficient (Wildman–Crippen LogP) is 14.5. The standard InChI is InChI=1S/C22H25.C21H23.C2H4.2ClH.Zr/c1-15(2)18-13-17-7-6-8-20(21(17)14-18)16-9-11-19(12-10-16)22(3,4)5;1-14-12-19-15(2)6-11-18(20(19)13-14)16-7-9-17(10-8-16)21(3,4)5;1-2;;;/h6-15H,1-5H3;6-13H,1-5H3;1H,2H3;2*1H;/q2*-1;;;;+2/p-2. The summed E-state index contributed by atoms with van der Waals surface area (Å²) in [7, 11) is 10.7. The number of hydrogen-bond acceptors (Lipinski definition) is 0. The molecule has 48 heavy (non-hydrogen) atoms. The Kier molecular flexibility index (Phi) is 12.7. The first-order valence-corrected chi connectivity index (χ1v) is 24.8. The van der Waals surface area contributed by atoms with Gasteiger partial charge in [-0.05, 0) is 39.0 Å². The van der Waals surface area contributed by atoms with Crippen molar-refractivity contribution in [1.82, 2.24) is 0 Å². The number of aryl methyl sites for hydroxylation is 2. The van der Waals surface area contributed by atoms with Gasteiger partial charge in [0.2, 0.25) is 0 Å². The van der Waals surface area contributed by atoms with E-state index in [-0.39, 0.29) is 10.8 Å². The molecule has 0 saturated heterocycles. The monoisotopic (exact) mass is 752 g/mol. The molecule has 0 heterocycles. The number of halogens is 2. The molecular weight excluding hydrogens is 703 g/mol. The zero-order valence-electron chi connectivity index (χ0n) is 30.7. The minimum atomic E-state index is -1.76. The molecule has 0 fully saturated rings. The van der Waals surface area contributed by atoms with E-state index in [0.717, 1.165) is 0 Å². The van der Waals surface area contributed by atoms with Crippen molar-refractivity contribution in [1.29, 1.82) is 0 Å².